The number of benzene rings is 2. The van der Waals surface area contributed by atoms with E-state index in [1.807, 2.05) is 38.7 Å². The molecule has 1 amide bonds. The van der Waals surface area contributed by atoms with Crippen molar-refractivity contribution in [2.45, 2.75) is 70.2 Å². The predicted molar refractivity (Wildman–Crippen MR) is 132 cm³/mol. The third kappa shape index (κ3) is 5.16. The largest absolute Gasteiger partial charge is 0.496 e. The second-order valence-electron chi connectivity index (χ2n) is 10.6. The number of carbonyl (C=O) groups excluding carboxylic acids is 1. The van der Waals surface area contributed by atoms with Crippen LogP contribution in [0.25, 0.3) is 0 Å². The van der Waals surface area contributed by atoms with Crippen LogP contribution in [0.3, 0.4) is 0 Å². The number of fused-ring (bicyclic) bond motifs is 1. The second kappa shape index (κ2) is 9.78. The SMILES string of the molecule is COc1cc(C(=O)N2CCC3(CC2)C[C@@H](OC(C)C)c2cc(F)ccc2O3)ccc1C(C)(C)CO. The van der Waals surface area contributed by atoms with Crippen molar-refractivity contribution in [2.24, 2.45) is 0 Å². The summed E-state index contributed by atoms with van der Waals surface area (Å²) in [5.74, 6) is 0.899. The van der Waals surface area contributed by atoms with Gasteiger partial charge in [0.05, 0.1) is 25.9 Å². The fourth-order valence-corrected chi connectivity index (χ4v) is 5.11. The Balaban J connectivity index is 1.50. The summed E-state index contributed by atoms with van der Waals surface area (Å²) in [5.41, 5.74) is 1.24. The van der Waals surface area contributed by atoms with Crippen molar-refractivity contribution in [3.05, 3.63) is 58.9 Å². The van der Waals surface area contributed by atoms with Crippen LogP contribution in [-0.2, 0) is 10.2 Å². The van der Waals surface area contributed by atoms with Crippen molar-refractivity contribution in [2.75, 3.05) is 26.8 Å². The molecular formula is C28H36FNO5. The average Bonchev–Trinajstić information content (AvgIpc) is 2.84. The second-order valence-corrected chi connectivity index (χ2v) is 10.6. The topological polar surface area (TPSA) is 68.2 Å². The van der Waals surface area contributed by atoms with Gasteiger partial charge in [0, 0.05) is 54.5 Å². The molecule has 1 spiro atoms. The summed E-state index contributed by atoms with van der Waals surface area (Å²) in [4.78, 5) is 15.2. The Morgan fingerprint density at radius 2 is 1.94 bits per heavy atom. The van der Waals surface area contributed by atoms with Gasteiger partial charge in [0.25, 0.3) is 5.91 Å². The first-order chi connectivity index (χ1) is 16.6. The van der Waals surface area contributed by atoms with E-state index in [1.54, 1.807) is 25.3 Å². The highest BCUT2D eigenvalue weighted by Crippen LogP contribution is 2.46. The van der Waals surface area contributed by atoms with Gasteiger partial charge in [-0.15, -0.1) is 0 Å². The third-order valence-electron chi connectivity index (χ3n) is 7.17. The van der Waals surface area contributed by atoms with E-state index in [0.717, 1.165) is 11.1 Å². The first-order valence-corrected chi connectivity index (χ1v) is 12.3. The average molecular weight is 486 g/mol. The van der Waals surface area contributed by atoms with Gasteiger partial charge in [0.15, 0.2) is 0 Å². The van der Waals surface area contributed by atoms with Crippen LogP contribution in [0.1, 0.15) is 74.5 Å². The lowest BCUT2D eigenvalue weighted by molar-refractivity contribution is -0.0873. The summed E-state index contributed by atoms with van der Waals surface area (Å²) < 4.78 is 32.1. The molecule has 2 aliphatic rings. The van der Waals surface area contributed by atoms with Crippen molar-refractivity contribution in [3.8, 4) is 11.5 Å². The highest BCUT2D eigenvalue weighted by molar-refractivity contribution is 5.95. The standard InChI is InChI=1S/C28H36FNO5/c1-18(2)34-25-16-28(35-23-9-7-20(29)15-21(23)25)10-12-30(13-11-28)26(32)19-6-8-22(24(14-19)33-5)27(3,4)17-31/h6-9,14-15,18,25,31H,10-13,16-17H2,1-5H3/t25-/m1/s1. The van der Waals surface area contributed by atoms with Crippen LogP contribution in [-0.4, -0.2) is 54.4 Å². The highest BCUT2D eigenvalue weighted by atomic mass is 19.1. The molecule has 6 nitrogen and oxygen atoms in total. The molecule has 7 heteroatoms. The minimum absolute atomic E-state index is 0.00157. The quantitative estimate of drug-likeness (QED) is 0.622. The molecule has 0 radical (unpaired) electrons. The molecule has 4 rings (SSSR count). The predicted octanol–water partition coefficient (Wildman–Crippen LogP) is 5.03. The summed E-state index contributed by atoms with van der Waals surface area (Å²) in [6.45, 7) is 8.90. The summed E-state index contributed by atoms with van der Waals surface area (Å²) >= 11 is 0. The number of piperidine rings is 1. The minimum atomic E-state index is -0.476. The van der Waals surface area contributed by atoms with Gasteiger partial charge in [-0.1, -0.05) is 19.9 Å². The molecule has 190 valence electrons. The lowest BCUT2D eigenvalue weighted by Crippen LogP contribution is -2.52. The van der Waals surface area contributed by atoms with Gasteiger partial charge in [-0.25, -0.2) is 4.39 Å². The van der Waals surface area contributed by atoms with Gasteiger partial charge < -0.3 is 24.2 Å². The number of rotatable bonds is 6. The molecule has 0 saturated carbocycles. The van der Waals surface area contributed by atoms with Crippen molar-refractivity contribution in [3.63, 3.8) is 0 Å². The van der Waals surface area contributed by atoms with Crippen LogP contribution in [0.4, 0.5) is 4.39 Å². The molecule has 0 unspecified atom stereocenters. The van der Waals surface area contributed by atoms with E-state index in [9.17, 15) is 14.3 Å². The number of amides is 1. The third-order valence-corrected chi connectivity index (χ3v) is 7.17. The number of likely N-dealkylation sites (tertiary alicyclic amines) is 1. The Morgan fingerprint density at radius 1 is 1.23 bits per heavy atom. The molecule has 0 aliphatic carbocycles. The fourth-order valence-electron chi connectivity index (χ4n) is 5.11. The van der Waals surface area contributed by atoms with Gasteiger partial charge in [-0.3, -0.25) is 4.79 Å². The van der Waals surface area contributed by atoms with E-state index in [0.29, 0.717) is 49.4 Å². The van der Waals surface area contributed by atoms with Gasteiger partial charge in [0.2, 0.25) is 0 Å². The number of aliphatic hydroxyl groups is 1. The maximum atomic E-state index is 13.9. The first-order valence-electron chi connectivity index (χ1n) is 12.3. The summed E-state index contributed by atoms with van der Waals surface area (Å²) in [7, 11) is 1.57. The fraction of sp³-hybridized carbons (Fsp3) is 0.536. The zero-order valence-corrected chi connectivity index (χ0v) is 21.3. The molecule has 0 bridgehead atoms. The molecule has 1 N–H and O–H groups in total. The minimum Gasteiger partial charge on any atom is -0.496 e. The monoisotopic (exact) mass is 485 g/mol. The Bertz CT molecular complexity index is 1080. The number of carbonyl (C=O) groups is 1. The zero-order valence-electron chi connectivity index (χ0n) is 21.3. The maximum Gasteiger partial charge on any atom is 0.253 e. The van der Waals surface area contributed by atoms with Crippen LogP contribution in [0.15, 0.2) is 36.4 Å². The number of hydrogen-bond acceptors (Lipinski definition) is 5. The van der Waals surface area contributed by atoms with E-state index in [1.165, 1.54) is 12.1 Å². The van der Waals surface area contributed by atoms with Crippen molar-refractivity contribution < 1.29 is 28.5 Å². The van der Waals surface area contributed by atoms with Crippen LogP contribution >= 0.6 is 0 Å². The smallest absolute Gasteiger partial charge is 0.253 e. The number of nitrogens with zero attached hydrogens (tertiary/aromatic N) is 1. The lowest BCUT2D eigenvalue weighted by atomic mass is 9.81. The van der Waals surface area contributed by atoms with Crippen molar-refractivity contribution in [1.29, 1.82) is 0 Å². The van der Waals surface area contributed by atoms with E-state index < -0.39 is 11.0 Å². The van der Waals surface area contributed by atoms with E-state index in [2.05, 4.69) is 0 Å². The van der Waals surface area contributed by atoms with E-state index in [4.69, 9.17) is 14.2 Å². The number of hydrogen-bond donors (Lipinski definition) is 1. The number of halogens is 1. The molecule has 1 atom stereocenters. The van der Waals surface area contributed by atoms with Crippen molar-refractivity contribution in [1.82, 2.24) is 4.90 Å². The number of ether oxygens (including phenoxy) is 3. The summed E-state index contributed by atoms with van der Waals surface area (Å²) in [6.07, 6.45) is 1.72. The molecule has 2 aromatic carbocycles. The lowest BCUT2D eigenvalue weighted by Gasteiger charge is -2.47. The number of aliphatic hydroxyl groups excluding tert-OH is 1. The van der Waals surface area contributed by atoms with Gasteiger partial charge >= 0.3 is 0 Å². The molecule has 0 aromatic heterocycles. The van der Waals surface area contributed by atoms with Crippen molar-refractivity contribution >= 4 is 5.91 Å². The van der Waals surface area contributed by atoms with Crippen LogP contribution < -0.4 is 9.47 Å². The van der Waals surface area contributed by atoms with Gasteiger partial charge in [0.1, 0.15) is 22.9 Å². The number of methoxy groups -OCH3 is 1. The summed E-state index contributed by atoms with van der Waals surface area (Å²) in [5, 5.41) is 9.74. The molecule has 2 heterocycles. The van der Waals surface area contributed by atoms with E-state index >= 15 is 0 Å². The molecule has 1 fully saturated rings. The molecule has 1 saturated heterocycles. The molecular weight excluding hydrogens is 449 g/mol. The van der Waals surface area contributed by atoms with Gasteiger partial charge in [-0.05, 0) is 44.2 Å². The Morgan fingerprint density at radius 3 is 2.57 bits per heavy atom. The van der Waals surface area contributed by atoms with Crippen LogP contribution in [0, 0.1) is 5.82 Å². The van der Waals surface area contributed by atoms with E-state index in [-0.39, 0.29) is 30.5 Å². The molecule has 35 heavy (non-hydrogen) atoms. The Hall–Kier alpha value is -2.64. The maximum absolute atomic E-state index is 13.9. The molecule has 2 aromatic rings. The normalized spacial score (nSPS) is 19.4. The summed E-state index contributed by atoms with van der Waals surface area (Å²) in [6, 6.07) is 10.0. The van der Waals surface area contributed by atoms with Gasteiger partial charge in [-0.2, -0.15) is 0 Å². The zero-order chi connectivity index (χ0) is 25.4. The van der Waals surface area contributed by atoms with Crippen LogP contribution in [0.2, 0.25) is 0 Å². The van der Waals surface area contributed by atoms with Crippen LogP contribution in [0.5, 0.6) is 11.5 Å². The Kier molecular flexibility index (Phi) is 7.11. The highest BCUT2D eigenvalue weighted by Gasteiger charge is 2.45. The molecule has 2 aliphatic heterocycles. The Labute approximate surface area is 207 Å². The first kappa shape index (κ1) is 25.5.